The van der Waals surface area contributed by atoms with Crippen molar-refractivity contribution in [3.8, 4) is 0 Å². The van der Waals surface area contributed by atoms with Gasteiger partial charge in [0.15, 0.2) is 0 Å². The maximum atomic E-state index is 12.6. The molecule has 1 aromatic rings. The highest BCUT2D eigenvalue weighted by molar-refractivity contribution is 5.79. The van der Waals surface area contributed by atoms with Gasteiger partial charge in [-0.1, -0.05) is 19.1 Å². The van der Waals surface area contributed by atoms with Gasteiger partial charge >= 0.3 is 0 Å². The second-order valence-corrected chi connectivity index (χ2v) is 6.25. The van der Waals surface area contributed by atoms with Crippen molar-refractivity contribution in [3.05, 3.63) is 29.8 Å². The summed E-state index contributed by atoms with van der Waals surface area (Å²) in [6.07, 6.45) is 4.43. The van der Waals surface area contributed by atoms with Gasteiger partial charge in [0, 0.05) is 18.7 Å². The maximum Gasteiger partial charge on any atom is 0.225 e. The molecule has 0 spiro atoms. The number of hydrogen-bond donors (Lipinski definition) is 1. The lowest BCUT2D eigenvalue weighted by Crippen LogP contribution is -2.36. The average Bonchev–Trinajstić information content (AvgIpc) is 2.46. The molecule has 2 rings (SSSR count). The molecule has 1 fully saturated rings. The van der Waals surface area contributed by atoms with E-state index in [2.05, 4.69) is 13.8 Å². The van der Waals surface area contributed by atoms with Crippen molar-refractivity contribution in [3.63, 3.8) is 0 Å². The van der Waals surface area contributed by atoms with Gasteiger partial charge in [-0.05, 0) is 56.2 Å². The lowest BCUT2D eigenvalue weighted by molar-refractivity contribution is -0.137. The molecule has 1 aliphatic carbocycles. The monoisotopic (exact) mass is 274 g/mol. The molecule has 1 saturated carbocycles. The highest BCUT2D eigenvalue weighted by Gasteiger charge is 2.28. The summed E-state index contributed by atoms with van der Waals surface area (Å²) in [5, 5.41) is 0. The van der Waals surface area contributed by atoms with Crippen LogP contribution in [0.5, 0.6) is 0 Å². The molecule has 110 valence electrons. The number of anilines is 1. The van der Waals surface area contributed by atoms with Crippen LogP contribution < -0.4 is 5.73 Å². The van der Waals surface area contributed by atoms with Gasteiger partial charge in [0.1, 0.15) is 0 Å². The molecule has 1 atom stereocenters. The van der Waals surface area contributed by atoms with Gasteiger partial charge in [0.2, 0.25) is 5.91 Å². The Kier molecular flexibility index (Phi) is 4.69. The lowest BCUT2D eigenvalue weighted by atomic mass is 9.82. The van der Waals surface area contributed by atoms with Crippen LogP contribution in [0.25, 0.3) is 0 Å². The predicted molar refractivity (Wildman–Crippen MR) is 83.2 cm³/mol. The summed E-state index contributed by atoms with van der Waals surface area (Å²) in [7, 11) is 1.91. The molecule has 1 aromatic carbocycles. The van der Waals surface area contributed by atoms with E-state index in [0.29, 0.717) is 0 Å². The van der Waals surface area contributed by atoms with Crippen molar-refractivity contribution in [1.82, 2.24) is 4.90 Å². The summed E-state index contributed by atoms with van der Waals surface area (Å²) in [5.41, 5.74) is 7.68. The van der Waals surface area contributed by atoms with Crippen molar-refractivity contribution < 1.29 is 4.79 Å². The fraction of sp³-hybridized carbons (Fsp3) is 0.588. The number of rotatable bonds is 3. The van der Waals surface area contributed by atoms with Crippen LogP contribution in [0.15, 0.2) is 24.3 Å². The Morgan fingerprint density at radius 1 is 1.30 bits per heavy atom. The molecule has 0 saturated heterocycles. The molecule has 0 bridgehead atoms. The molecule has 1 amide bonds. The van der Waals surface area contributed by atoms with E-state index in [1.807, 2.05) is 36.2 Å². The van der Waals surface area contributed by atoms with Crippen LogP contribution in [0, 0.1) is 11.8 Å². The number of nitrogen functional groups attached to an aromatic ring is 1. The van der Waals surface area contributed by atoms with Crippen LogP contribution in [0.4, 0.5) is 5.69 Å². The molecule has 3 nitrogen and oxygen atoms in total. The average molecular weight is 274 g/mol. The molecule has 20 heavy (non-hydrogen) atoms. The van der Waals surface area contributed by atoms with E-state index >= 15 is 0 Å². The van der Waals surface area contributed by atoms with Crippen molar-refractivity contribution >= 4 is 11.6 Å². The van der Waals surface area contributed by atoms with Gasteiger partial charge in [-0.3, -0.25) is 4.79 Å². The fourth-order valence-corrected chi connectivity index (χ4v) is 3.03. The molecule has 1 unspecified atom stereocenters. The number of amides is 1. The molecule has 0 aromatic heterocycles. The third kappa shape index (κ3) is 3.33. The zero-order valence-electron chi connectivity index (χ0n) is 12.8. The van der Waals surface area contributed by atoms with Crippen LogP contribution in [0.3, 0.4) is 0 Å². The summed E-state index contributed by atoms with van der Waals surface area (Å²) >= 11 is 0. The minimum Gasteiger partial charge on any atom is -0.399 e. The highest BCUT2D eigenvalue weighted by Crippen LogP contribution is 2.31. The maximum absolute atomic E-state index is 12.6. The second-order valence-electron chi connectivity index (χ2n) is 6.25. The van der Waals surface area contributed by atoms with Crippen LogP contribution >= 0.6 is 0 Å². The van der Waals surface area contributed by atoms with Crippen LogP contribution in [0.1, 0.15) is 51.1 Å². The largest absolute Gasteiger partial charge is 0.399 e. The fourth-order valence-electron chi connectivity index (χ4n) is 3.03. The van der Waals surface area contributed by atoms with Gasteiger partial charge in [-0.15, -0.1) is 0 Å². The van der Waals surface area contributed by atoms with Gasteiger partial charge in [0.25, 0.3) is 0 Å². The van der Waals surface area contributed by atoms with E-state index in [0.717, 1.165) is 30.0 Å². The smallest absolute Gasteiger partial charge is 0.225 e. The minimum absolute atomic E-state index is 0.0744. The first-order valence-corrected chi connectivity index (χ1v) is 7.61. The Morgan fingerprint density at radius 3 is 2.55 bits per heavy atom. The van der Waals surface area contributed by atoms with E-state index in [4.69, 9.17) is 5.73 Å². The zero-order valence-corrected chi connectivity index (χ0v) is 12.8. The number of carbonyl (C=O) groups is 1. The normalized spacial score (nSPS) is 24.1. The molecule has 0 heterocycles. The Hall–Kier alpha value is -1.51. The second kappa shape index (κ2) is 6.29. The molecule has 0 radical (unpaired) electrons. The van der Waals surface area contributed by atoms with Gasteiger partial charge in [-0.2, -0.15) is 0 Å². The van der Waals surface area contributed by atoms with Crippen molar-refractivity contribution in [2.75, 3.05) is 12.8 Å². The molecular weight excluding hydrogens is 248 g/mol. The van der Waals surface area contributed by atoms with Crippen molar-refractivity contribution in [2.24, 2.45) is 11.8 Å². The minimum atomic E-state index is 0.0744. The van der Waals surface area contributed by atoms with E-state index in [9.17, 15) is 4.79 Å². The first kappa shape index (κ1) is 14.9. The van der Waals surface area contributed by atoms with Gasteiger partial charge in [0.05, 0.1) is 6.04 Å². The zero-order chi connectivity index (χ0) is 14.7. The summed E-state index contributed by atoms with van der Waals surface area (Å²) in [5.74, 6) is 1.27. The van der Waals surface area contributed by atoms with E-state index in [1.165, 1.54) is 12.8 Å². The third-order valence-electron chi connectivity index (χ3n) is 4.69. The first-order chi connectivity index (χ1) is 9.49. The van der Waals surface area contributed by atoms with E-state index in [-0.39, 0.29) is 17.9 Å². The Balaban J connectivity index is 2.02. The van der Waals surface area contributed by atoms with Crippen molar-refractivity contribution in [2.45, 2.75) is 45.6 Å². The van der Waals surface area contributed by atoms with E-state index < -0.39 is 0 Å². The Morgan fingerprint density at radius 2 is 1.95 bits per heavy atom. The number of benzene rings is 1. The molecular formula is C17H26N2O. The Labute approximate surface area is 122 Å². The lowest BCUT2D eigenvalue weighted by Gasteiger charge is -2.32. The van der Waals surface area contributed by atoms with Crippen molar-refractivity contribution in [1.29, 1.82) is 0 Å². The quantitative estimate of drug-likeness (QED) is 0.856. The van der Waals surface area contributed by atoms with Gasteiger partial charge in [-0.25, -0.2) is 0 Å². The summed E-state index contributed by atoms with van der Waals surface area (Å²) in [6, 6.07) is 7.89. The van der Waals surface area contributed by atoms with Gasteiger partial charge < -0.3 is 10.6 Å². The highest BCUT2D eigenvalue weighted by atomic mass is 16.2. The molecule has 1 aliphatic rings. The number of nitrogens with two attached hydrogens (primary N) is 1. The number of carbonyl (C=O) groups excluding carboxylic acids is 1. The van der Waals surface area contributed by atoms with E-state index in [1.54, 1.807) is 0 Å². The van der Waals surface area contributed by atoms with Crippen LogP contribution in [-0.4, -0.2) is 17.9 Å². The summed E-state index contributed by atoms with van der Waals surface area (Å²) in [4.78, 5) is 14.5. The standard InChI is InChI=1S/C17H26N2O/c1-12-7-9-14(10-8-12)17(20)19(3)13(2)15-5-4-6-16(18)11-15/h4-6,11-14H,7-10,18H2,1-3H3. The SMILES string of the molecule is CC1CCC(C(=O)N(C)C(C)c2cccc(N)c2)CC1. The van der Waals surface area contributed by atoms with Crippen LogP contribution in [0.2, 0.25) is 0 Å². The first-order valence-electron chi connectivity index (χ1n) is 7.61. The third-order valence-corrected chi connectivity index (χ3v) is 4.69. The topological polar surface area (TPSA) is 46.3 Å². The summed E-state index contributed by atoms with van der Waals surface area (Å²) in [6.45, 7) is 4.35. The Bertz CT molecular complexity index is 464. The molecule has 3 heteroatoms. The van der Waals surface area contributed by atoms with Crippen LogP contribution in [-0.2, 0) is 4.79 Å². The predicted octanol–water partition coefficient (Wildman–Crippen LogP) is 3.61. The molecule has 0 aliphatic heterocycles. The number of nitrogens with zero attached hydrogens (tertiary/aromatic N) is 1. The summed E-state index contributed by atoms with van der Waals surface area (Å²) < 4.78 is 0. The number of hydrogen-bond acceptors (Lipinski definition) is 2. The molecule has 2 N–H and O–H groups in total.